The number of piperidine rings is 1. The van der Waals surface area contributed by atoms with Crippen molar-refractivity contribution < 1.29 is 9.90 Å². The van der Waals surface area contributed by atoms with Gasteiger partial charge in [-0.3, -0.25) is 14.6 Å². The molecule has 16 heavy (non-hydrogen) atoms. The third-order valence-electron chi connectivity index (χ3n) is 4.09. The van der Waals surface area contributed by atoms with Crippen LogP contribution in [0.2, 0.25) is 0 Å². The highest BCUT2D eigenvalue weighted by atomic mass is 16.4. The van der Waals surface area contributed by atoms with Crippen LogP contribution in [-0.2, 0) is 4.79 Å². The molecular weight excluding hydrogens is 204 g/mol. The molecule has 0 radical (unpaired) electrons. The highest BCUT2D eigenvalue weighted by Gasteiger charge is 2.36. The van der Waals surface area contributed by atoms with E-state index in [9.17, 15) is 4.79 Å². The van der Waals surface area contributed by atoms with Gasteiger partial charge in [-0.2, -0.15) is 0 Å². The Bertz CT molecular complexity index is 270. The first-order chi connectivity index (χ1) is 7.59. The van der Waals surface area contributed by atoms with Crippen molar-refractivity contribution in [3.05, 3.63) is 0 Å². The Kier molecular flexibility index (Phi) is 3.50. The van der Waals surface area contributed by atoms with Gasteiger partial charge < -0.3 is 5.11 Å². The van der Waals surface area contributed by atoms with E-state index in [-0.39, 0.29) is 6.04 Å². The normalized spacial score (nSPS) is 34.4. The van der Waals surface area contributed by atoms with E-state index < -0.39 is 5.97 Å². The summed E-state index contributed by atoms with van der Waals surface area (Å²) in [5.74, 6) is -0.698. The van der Waals surface area contributed by atoms with Crippen LogP contribution in [0.25, 0.3) is 0 Å². The number of aliphatic carboxylic acids is 1. The SMILES string of the molecule is CC1CN2CCCCC2CN1C(C)C(=O)O. The molecule has 2 fully saturated rings. The molecule has 0 aromatic heterocycles. The number of hydrogen-bond acceptors (Lipinski definition) is 3. The number of hydrogen-bond donors (Lipinski definition) is 1. The monoisotopic (exact) mass is 226 g/mol. The van der Waals surface area contributed by atoms with Crippen LogP contribution >= 0.6 is 0 Å². The van der Waals surface area contributed by atoms with Gasteiger partial charge in [0.25, 0.3) is 0 Å². The maximum absolute atomic E-state index is 11.0. The molecule has 0 aliphatic carbocycles. The lowest BCUT2D eigenvalue weighted by Crippen LogP contribution is -2.61. The number of carboxylic acids is 1. The van der Waals surface area contributed by atoms with Gasteiger partial charge in [0.15, 0.2) is 0 Å². The number of piperazine rings is 1. The topological polar surface area (TPSA) is 43.8 Å². The predicted octanol–water partition coefficient (Wildman–Crippen LogP) is 1.02. The maximum atomic E-state index is 11.0. The Morgan fingerprint density at radius 3 is 2.81 bits per heavy atom. The summed E-state index contributed by atoms with van der Waals surface area (Å²) in [5.41, 5.74) is 0. The van der Waals surface area contributed by atoms with E-state index in [2.05, 4.69) is 16.7 Å². The fourth-order valence-electron chi connectivity index (χ4n) is 3.06. The first-order valence-electron chi connectivity index (χ1n) is 6.32. The van der Waals surface area contributed by atoms with E-state index in [4.69, 9.17) is 5.11 Å². The van der Waals surface area contributed by atoms with E-state index in [0.717, 1.165) is 13.1 Å². The number of carbonyl (C=O) groups is 1. The molecular formula is C12H22N2O2. The standard InChI is InChI=1S/C12H22N2O2/c1-9-7-13-6-4-3-5-11(13)8-14(9)10(2)12(15)16/h9-11H,3-8H2,1-2H3,(H,15,16). The Morgan fingerprint density at radius 1 is 1.38 bits per heavy atom. The number of fused-ring (bicyclic) bond motifs is 1. The number of nitrogens with zero attached hydrogens (tertiary/aromatic N) is 2. The fourth-order valence-corrected chi connectivity index (χ4v) is 3.06. The molecule has 4 nitrogen and oxygen atoms in total. The summed E-state index contributed by atoms with van der Waals surface area (Å²) in [6.45, 7) is 7.10. The summed E-state index contributed by atoms with van der Waals surface area (Å²) in [5, 5.41) is 9.09. The van der Waals surface area contributed by atoms with Crippen molar-refractivity contribution in [3.63, 3.8) is 0 Å². The molecule has 2 aliphatic rings. The smallest absolute Gasteiger partial charge is 0.320 e. The van der Waals surface area contributed by atoms with Crippen LogP contribution in [0, 0.1) is 0 Å². The fraction of sp³-hybridized carbons (Fsp3) is 0.917. The highest BCUT2D eigenvalue weighted by Crippen LogP contribution is 2.25. The van der Waals surface area contributed by atoms with Gasteiger partial charge in [-0.05, 0) is 33.2 Å². The Morgan fingerprint density at radius 2 is 2.12 bits per heavy atom. The quantitative estimate of drug-likeness (QED) is 0.763. The van der Waals surface area contributed by atoms with Crippen molar-refractivity contribution in [2.45, 2.75) is 51.2 Å². The van der Waals surface area contributed by atoms with Crippen molar-refractivity contribution in [2.24, 2.45) is 0 Å². The highest BCUT2D eigenvalue weighted by molar-refractivity contribution is 5.73. The van der Waals surface area contributed by atoms with Gasteiger partial charge in [-0.25, -0.2) is 0 Å². The van der Waals surface area contributed by atoms with E-state index in [1.165, 1.54) is 25.8 Å². The van der Waals surface area contributed by atoms with Crippen molar-refractivity contribution >= 4 is 5.97 Å². The summed E-state index contributed by atoms with van der Waals surface area (Å²) in [6.07, 6.45) is 3.83. The third-order valence-corrected chi connectivity index (χ3v) is 4.09. The molecule has 0 bridgehead atoms. The van der Waals surface area contributed by atoms with Crippen molar-refractivity contribution in [2.75, 3.05) is 19.6 Å². The zero-order valence-corrected chi connectivity index (χ0v) is 10.2. The Balaban J connectivity index is 2.02. The molecule has 0 aromatic rings. The molecule has 0 aromatic carbocycles. The van der Waals surface area contributed by atoms with Crippen LogP contribution in [0.15, 0.2) is 0 Å². The summed E-state index contributed by atoms with van der Waals surface area (Å²) in [6, 6.07) is 0.603. The van der Waals surface area contributed by atoms with Gasteiger partial charge in [-0.1, -0.05) is 6.42 Å². The van der Waals surface area contributed by atoms with Gasteiger partial charge in [0, 0.05) is 25.2 Å². The largest absolute Gasteiger partial charge is 0.480 e. The molecule has 92 valence electrons. The Labute approximate surface area is 97.2 Å². The minimum atomic E-state index is -0.698. The average Bonchev–Trinajstić information content (AvgIpc) is 2.27. The predicted molar refractivity (Wildman–Crippen MR) is 62.5 cm³/mol. The third kappa shape index (κ3) is 2.23. The lowest BCUT2D eigenvalue weighted by molar-refractivity contribution is -0.145. The second-order valence-electron chi connectivity index (χ2n) is 5.20. The summed E-state index contributed by atoms with van der Waals surface area (Å²) in [4.78, 5) is 15.7. The first kappa shape index (κ1) is 11.9. The van der Waals surface area contributed by atoms with Crippen LogP contribution < -0.4 is 0 Å². The molecule has 0 spiro atoms. The van der Waals surface area contributed by atoms with Gasteiger partial charge in [0.2, 0.25) is 0 Å². The molecule has 2 rings (SSSR count). The number of rotatable bonds is 2. The van der Waals surface area contributed by atoms with Crippen LogP contribution in [0.5, 0.6) is 0 Å². The minimum absolute atomic E-state index is 0.348. The second-order valence-corrected chi connectivity index (χ2v) is 5.20. The molecule has 4 heteroatoms. The Hall–Kier alpha value is -0.610. The van der Waals surface area contributed by atoms with Gasteiger partial charge in [-0.15, -0.1) is 0 Å². The average molecular weight is 226 g/mol. The summed E-state index contributed by atoms with van der Waals surface area (Å²) < 4.78 is 0. The van der Waals surface area contributed by atoms with Crippen LogP contribution in [0.3, 0.4) is 0 Å². The number of carboxylic acid groups (broad SMARTS) is 1. The zero-order valence-electron chi connectivity index (χ0n) is 10.2. The van der Waals surface area contributed by atoms with Crippen LogP contribution in [0.4, 0.5) is 0 Å². The lowest BCUT2D eigenvalue weighted by Gasteiger charge is -2.48. The lowest BCUT2D eigenvalue weighted by atomic mass is 9.96. The molecule has 1 N–H and O–H groups in total. The summed E-state index contributed by atoms with van der Waals surface area (Å²) >= 11 is 0. The van der Waals surface area contributed by atoms with Crippen molar-refractivity contribution in [1.82, 2.24) is 9.80 Å². The van der Waals surface area contributed by atoms with E-state index in [1.54, 1.807) is 6.92 Å². The zero-order chi connectivity index (χ0) is 11.7. The molecule has 2 saturated heterocycles. The van der Waals surface area contributed by atoms with Crippen molar-refractivity contribution in [1.29, 1.82) is 0 Å². The molecule has 0 amide bonds. The van der Waals surface area contributed by atoms with E-state index in [0.29, 0.717) is 12.1 Å². The maximum Gasteiger partial charge on any atom is 0.320 e. The second kappa shape index (κ2) is 4.72. The van der Waals surface area contributed by atoms with E-state index >= 15 is 0 Å². The molecule has 2 heterocycles. The minimum Gasteiger partial charge on any atom is -0.480 e. The molecule has 0 saturated carbocycles. The van der Waals surface area contributed by atoms with Crippen LogP contribution in [-0.4, -0.2) is 58.6 Å². The van der Waals surface area contributed by atoms with Crippen molar-refractivity contribution in [3.8, 4) is 0 Å². The van der Waals surface area contributed by atoms with Gasteiger partial charge in [0.05, 0.1) is 0 Å². The summed E-state index contributed by atoms with van der Waals surface area (Å²) in [7, 11) is 0. The first-order valence-corrected chi connectivity index (χ1v) is 6.32. The molecule has 2 aliphatic heterocycles. The van der Waals surface area contributed by atoms with Gasteiger partial charge in [0.1, 0.15) is 6.04 Å². The van der Waals surface area contributed by atoms with Crippen LogP contribution in [0.1, 0.15) is 33.1 Å². The van der Waals surface area contributed by atoms with Gasteiger partial charge >= 0.3 is 5.97 Å². The molecule has 3 unspecified atom stereocenters. The molecule has 3 atom stereocenters. The van der Waals surface area contributed by atoms with E-state index in [1.807, 2.05) is 0 Å².